The summed E-state index contributed by atoms with van der Waals surface area (Å²) in [6.45, 7) is 13.0. The lowest BCUT2D eigenvalue weighted by Crippen LogP contribution is -2.45. The molecule has 0 aromatic rings. The van der Waals surface area contributed by atoms with Gasteiger partial charge in [-0.2, -0.15) is 0 Å². The van der Waals surface area contributed by atoms with E-state index in [1.165, 1.54) is 38.5 Å². The fourth-order valence-corrected chi connectivity index (χ4v) is 6.01. The second kappa shape index (κ2) is 10.9. The van der Waals surface area contributed by atoms with Gasteiger partial charge in [0.05, 0.1) is 0 Å². The Morgan fingerprint density at radius 2 is 1.21 bits per heavy atom. The minimum absolute atomic E-state index is 0.283. The molecule has 0 aromatic heterocycles. The first-order valence-electron chi connectivity index (χ1n) is 8.31. The molecular weight excluding hydrogens is 252 g/mol. The van der Waals surface area contributed by atoms with Gasteiger partial charge in [0.1, 0.15) is 0 Å². The molecule has 0 aliphatic heterocycles. The molecule has 0 N–H and O–H groups in total. The van der Waals surface area contributed by atoms with Crippen molar-refractivity contribution in [3.05, 3.63) is 0 Å². The van der Waals surface area contributed by atoms with Crippen LogP contribution in [-0.4, -0.2) is 20.8 Å². The first-order chi connectivity index (χ1) is 8.95. The van der Waals surface area contributed by atoms with E-state index in [4.69, 9.17) is 8.85 Å². The standard InChI is InChI=1S/C16H36O2Si/c1-7-9-10-11-12-13-14-19(8-2,17-15(3)4)18-16(5)6/h15-16H,7-14H2,1-6H3. The minimum atomic E-state index is -1.96. The normalized spacial score (nSPS) is 12.6. The van der Waals surface area contributed by atoms with Gasteiger partial charge < -0.3 is 8.85 Å². The van der Waals surface area contributed by atoms with E-state index in [1.54, 1.807) is 0 Å². The van der Waals surface area contributed by atoms with Crippen molar-refractivity contribution in [3.63, 3.8) is 0 Å². The maximum Gasteiger partial charge on any atom is 0.338 e. The predicted octanol–water partition coefficient (Wildman–Crippen LogP) is 5.66. The van der Waals surface area contributed by atoms with Crippen molar-refractivity contribution in [1.29, 1.82) is 0 Å². The zero-order valence-electron chi connectivity index (χ0n) is 14.1. The van der Waals surface area contributed by atoms with E-state index in [0.717, 1.165) is 12.1 Å². The van der Waals surface area contributed by atoms with Crippen LogP contribution in [0.2, 0.25) is 12.1 Å². The van der Waals surface area contributed by atoms with Crippen molar-refractivity contribution >= 4 is 8.56 Å². The third kappa shape index (κ3) is 9.64. The maximum absolute atomic E-state index is 6.24. The molecule has 19 heavy (non-hydrogen) atoms. The van der Waals surface area contributed by atoms with Gasteiger partial charge in [0.2, 0.25) is 0 Å². The first kappa shape index (κ1) is 19.1. The van der Waals surface area contributed by atoms with Crippen molar-refractivity contribution in [2.45, 2.75) is 104 Å². The number of rotatable bonds is 12. The Labute approximate surface area is 122 Å². The molecule has 0 bridgehead atoms. The monoisotopic (exact) mass is 288 g/mol. The van der Waals surface area contributed by atoms with Crippen molar-refractivity contribution in [1.82, 2.24) is 0 Å². The highest BCUT2D eigenvalue weighted by molar-refractivity contribution is 6.67. The number of hydrogen-bond acceptors (Lipinski definition) is 2. The van der Waals surface area contributed by atoms with Crippen LogP contribution in [0.3, 0.4) is 0 Å². The molecule has 0 spiro atoms. The molecule has 0 aromatic carbocycles. The Balaban J connectivity index is 4.16. The van der Waals surface area contributed by atoms with Gasteiger partial charge in [-0.3, -0.25) is 0 Å². The smallest absolute Gasteiger partial charge is 0.338 e. The molecule has 0 saturated carbocycles. The summed E-state index contributed by atoms with van der Waals surface area (Å²) in [7, 11) is -1.96. The van der Waals surface area contributed by atoms with Gasteiger partial charge in [-0.05, 0) is 39.8 Å². The van der Waals surface area contributed by atoms with Gasteiger partial charge in [-0.15, -0.1) is 0 Å². The topological polar surface area (TPSA) is 18.5 Å². The van der Waals surface area contributed by atoms with E-state index in [1.807, 2.05) is 0 Å². The van der Waals surface area contributed by atoms with E-state index in [-0.39, 0.29) is 12.2 Å². The average Bonchev–Trinajstić information content (AvgIpc) is 2.31. The lowest BCUT2D eigenvalue weighted by atomic mass is 10.1. The Bertz CT molecular complexity index is 195. The average molecular weight is 289 g/mol. The molecule has 0 amide bonds. The molecule has 0 unspecified atom stereocenters. The third-order valence-electron chi connectivity index (χ3n) is 3.35. The summed E-state index contributed by atoms with van der Waals surface area (Å²) in [5.41, 5.74) is 0. The van der Waals surface area contributed by atoms with Gasteiger partial charge in [0.25, 0.3) is 0 Å². The van der Waals surface area contributed by atoms with E-state index >= 15 is 0 Å². The van der Waals surface area contributed by atoms with Crippen LogP contribution in [0, 0.1) is 0 Å². The number of hydrogen-bond donors (Lipinski definition) is 0. The van der Waals surface area contributed by atoms with Crippen molar-refractivity contribution in [2.24, 2.45) is 0 Å². The van der Waals surface area contributed by atoms with E-state index in [9.17, 15) is 0 Å². The SMILES string of the molecule is CCCCCCCC[Si](CC)(OC(C)C)OC(C)C. The molecule has 0 heterocycles. The molecule has 0 rings (SSSR count). The highest BCUT2D eigenvalue weighted by Crippen LogP contribution is 2.25. The molecule has 0 atom stereocenters. The highest BCUT2D eigenvalue weighted by Gasteiger charge is 2.36. The largest absolute Gasteiger partial charge is 0.392 e. The molecule has 0 aliphatic rings. The Morgan fingerprint density at radius 3 is 1.63 bits per heavy atom. The molecule has 2 nitrogen and oxygen atoms in total. The van der Waals surface area contributed by atoms with E-state index in [2.05, 4.69) is 41.5 Å². The molecule has 3 heteroatoms. The number of unbranched alkanes of at least 4 members (excludes halogenated alkanes) is 5. The summed E-state index contributed by atoms with van der Waals surface area (Å²) < 4.78 is 12.5. The van der Waals surface area contributed by atoms with Gasteiger partial charge in [-0.1, -0.05) is 52.4 Å². The third-order valence-corrected chi connectivity index (χ3v) is 7.35. The van der Waals surface area contributed by atoms with Gasteiger partial charge in [-0.25, -0.2) is 0 Å². The Morgan fingerprint density at radius 1 is 0.737 bits per heavy atom. The van der Waals surface area contributed by atoms with Gasteiger partial charge in [0.15, 0.2) is 0 Å². The second-order valence-electron chi connectivity index (χ2n) is 6.12. The van der Waals surface area contributed by atoms with Crippen molar-refractivity contribution in [3.8, 4) is 0 Å². The maximum atomic E-state index is 6.24. The quantitative estimate of drug-likeness (QED) is 0.341. The summed E-state index contributed by atoms with van der Waals surface area (Å²) in [6, 6.07) is 2.23. The van der Waals surface area contributed by atoms with Crippen LogP contribution in [0.15, 0.2) is 0 Å². The molecule has 0 saturated heterocycles. The fourth-order valence-electron chi connectivity index (χ4n) is 2.52. The molecule has 116 valence electrons. The highest BCUT2D eigenvalue weighted by atomic mass is 28.4. The van der Waals surface area contributed by atoms with E-state index < -0.39 is 8.56 Å². The van der Waals surface area contributed by atoms with Crippen LogP contribution in [0.25, 0.3) is 0 Å². The van der Waals surface area contributed by atoms with Crippen LogP contribution in [-0.2, 0) is 8.85 Å². The van der Waals surface area contributed by atoms with Crippen LogP contribution in [0.1, 0.15) is 80.1 Å². The van der Waals surface area contributed by atoms with Gasteiger partial charge in [0, 0.05) is 12.2 Å². The lowest BCUT2D eigenvalue weighted by molar-refractivity contribution is 0.104. The molecule has 0 aliphatic carbocycles. The Hall–Kier alpha value is 0.137. The molecule has 0 radical (unpaired) electrons. The summed E-state index contributed by atoms with van der Waals surface area (Å²) in [5.74, 6) is 0. The van der Waals surface area contributed by atoms with Crippen LogP contribution in [0.4, 0.5) is 0 Å². The second-order valence-corrected chi connectivity index (χ2v) is 9.62. The minimum Gasteiger partial charge on any atom is -0.392 e. The van der Waals surface area contributed by atoms with Crippen LogP contribution < -0.4 is 0 Å². The van der Waals surface area contributed by atoms with E-state index in [0.29, 0.717) is 0 Å². The van der Waals surface area contributed by atoms with Gasteiger partial charge >= 0.3 is 8.56 Å². The first-order valence-corrected chi connectivity index (χ1v) is 10.5. The predicted molar refractivity (Wildman–Crippen MR) is 86.9 cm³/mol. The Kier molecular flexibility index (Phi) is 10.9. The summed E-state index contributed by atoms with van der Waals surface area (Å²) >= 11 is 0. The van der Waals surface area contributed by atoms with Crippen LogP contribution >= 0.6 is 0 Å². The zero-order chi connectivity index (χ0) is 14.7. The molecule has 0 fully saturated rings. The van der Waals surface area contributed by atoms with Crippen LogP contribution in [0.5, 0.6) is 0 Å². The summed E-state index contributed by atoms with van der Waals surface area (Å²) in [6.07, 6.45) is 8.61. The lowest BCUT2D eigenvalue weighted by Gasteiger charge is -2.33. The molecular formula is C16H36O2Si. The van der Waals surface area contributed by atoms with Crippen molar-refractivity contribution in [2.75, 3.05) is 0 Å². The zero-order valence-corrected chi connectivity index (χ0v) is 15.1. The fraction of sp³-hybridized carbons (Fsp3) is 1.00. The van der Waals surface area contributed by atoms with Crippen molar-refractivity contribution < 1.29 is 8.85 Å². The summed E-state index contributed by atoms with van der Waals surface area (Å²) in [5, 5.41) is 0. The summed E-state index contributed by atoms with van der Waals surface area (Å²) in [4.78, 5) is 0.